The summed E-state index contributed by atoms with van der Waals surface area (Å²) in [4.78, 5) is 13.4. The first kappa shape index (κ1) is 21.5. The fourth-order valence-electron chi connectivity index (χ4n) is 2.65. The standard InChI is InChI=1S/C20H21ClN4O2S2/c1-13(27-16-10-6-4-8-14(16)21)19-23-24-20(25(19)2)29-12-18(26)22-15-9-5-7-11-17(15)28-3/h4-11,13H,12H2,1-3H3,(H,22,26). The normalized spacial score (nSPS) is 11.9. The van der Waals surface area contributed by atoms with Gasteiger partial charge in [0.15, 0.2) is 17.1 Å². The third-order valence-electron chi connectivity index (χ3n) is 4.09. The van der Waals surface area contributed by atoms with E-state index in [0.29, 0.717) is 21.8 Å². The van der Waals surface area contributed by atoms with Gasteiger partial charge < -0.3 is 14.6 Å². The highest BCUT2D eigenvalue weighted by atomic mass is 35.5. The Kier molecular flexibility index (Phi) is 7.46. The molecule has 1 aromatic heterocycles. The van der Waals surface area contributed by atoms with Gasteiger partial charge in [0.1, 0.15) is 5.75 Å². The van der Waals surface area contributed by atoms with E-state index in [1.165, 1.54) is 11.8 Å². The number of halogens is 1. The molecule has 3 aromatic rings. The Morgan fingerprint density at radius 3 is 2.69 bits per heavy atom. The van der Waals surface area contributed by atoms with Crippen molar-refractivity contribution in [2.75, 3.05) is 17.3 Å². The van der Waals surface area contributed by atoms with Crippen LogP contribution in [0.5, 0.6) is 5.75 Å². The monoisotopic (exact) mass is 448 g/mol. The lowest BCUT2D eigenvalue weighted by Gasteiger charge is -2.15. The van der Waals surface area contributed by atoms with Gasteiger partial charge in [-0.25, -0.2) is 0 Å². The van der Waals surface area contributed by atoms with Gasteiger partial charge in [0.2, 0.25) is 5.91 Å². The Bertz CT molecular complexity index is 996. The van der Waals surface area contributed by atoms with E-state index >= 15 is 0 Å². The molecular weight excluding hydrogens is 428 g/mol. The fraction of sp³-hybridized carbons (Fsp3) is 0.250. The maximum atomic E-state index is 12.3. The number of carbonyl (C=O) groups is 1. The Labute approximate surface area is 183 Å². The van der Waals surface area contributed by atoms with E-state index in [-0.39, 0.29) is 17.8 Å². The summed E-state index contributed by atoms with van der Waals surface area (Å²) in [5.41, 5.74) is 0.811. The molecule has 3 rings (SSSR count). The zero-order valence-electron chi connectivity index (χ0n) is 16.3. The Hall–Kier alpha value is -2.16. The molecule has 1 atom stereocenters. The number of hydrogen-bond donors (Lipinski definition) is 1. The average molecular weight is 449 g/mol. The number of anilines is 1. The maximum absolute atomic E-state index is 12.3. The lowest BCUT2D eigenvalue weighted by molar-refractivity contribution is -0.113. The molecule has 6 nitrogen and oxygen atoms in total. The summed E-state index contributed by atoms with van der Waals surface area (Å²) in [5, 5.41) is 12.5. The van der Waals surface area contributed by atoms with Crippen LogP contribution in [0.2, 0.25) is 5.02 Å². The third kappa shape index (κ3) is 5.46. The van der Waals surface area contributed by atoms with Crippen LogP contribution in [-0.4, -0.2) is 32.7 Å². The molecule has 1 N–H and O–H groups in total. The van der Waals surface area contributed by atoms with Crippen LogP contribution in [0.4, 0.5) is 5.69 Å². The first-order chi connectivity index (χ1) is 14.0. The van der Waals surface area contributed by atoms with Crippen molar-refractivity contribution in [2.45, 2.75) is 23.1 Å². The summed E-state index contributed by atoms with van der Waals surface area (Å²) < 4.78 is 7.74. The number of carbonyl (C=O) groups excluding carboxylic acids is 1. The number of amides is 1. The minimum Gasteiger partial charge on any atom is -0.481 e. The van der Waals surface area contributed by atoms with E-state index in [9.17, 15) is 4.79 Å². The second-order valence-electron chi connectivity index (χ2n) is 6.13. The minimum absolute atomic E-state index is 0.0959. The van der Waals surface area contributed by atoms with Crippen LogP contribution in [0.15, 0.2) is 58.6 Å². The number of nitrogens with one attached hydrogen (secondary N) is 1. The molecule has 0 aliphatic heterocycles. The van der Waals surface area contributed by atoms with E-state index in [1.807, 2.05) is 67.3 Å². The second-order valence-corrected chi connectivity index (χ2v) is 8.33. The highest BCUT2D eigenvalue weighted by Crippen LogP contribution is 2.29. The van der Waals surface area contributed by atoms with Crippen molar-refractivity contribution in [3.8, 4) is 5.75 Å². The van der Waals surface area contributed by atoms with Crippen LogP contribution in [-0.2, 0) is 11.8 Å². The van der Waals surface area contributed by atoms with Gasteiger partial charge in [-0.1, -0.05) is 47.6 Å². The molecule has 0 radical (unpaired) electrons. The van der Waals surface area contributed by atoms with Crippen LogP contribution in [0.1, 0.15) is 18.9 Å². The predicted octanol–water partition coefficient (Wildman–Crippen LogP) is 5.06. The summed E-state index contributed by atoms with van der Waals surface area (Å²) >= 11 is 9.07. The SMILES string of the molecule is CSc1ccccc1NC(=O)CSc1nnc(C(C)Oc2ccccc2Cl)n1C. The number of benzene rings is 2. The van der Waals surface area contributed by atoms with Gasteiger partial charge >= 0.3 is 0 Å². The molecule has 0 spiro atoms. The van der Waals surface area contributed by atoms with Crippen molar-refractivity contribution in [2.24, 2.45) is 7.05 Å². The van der Waals surface area contributed by atoms with Crippen LogP contribution in [0.25, 0.3) is 0 Å². The fourth-order valence-corrected chi connectivity index (χ4v) is 4.11. The van der Waals surface area contributed by atoms with E-state index in [0.717, 1.165) is 10.6 Å². The second kappa shape index (κ2) is 10.0. The van der Waals surface area contributed by atoms with Crippen molar-refractivity contribution < 1.29 is 9.53 Å². The van der Waals surface area contributed by atoms with Crippen LogP contribution in [0.3, 0.4) is 0 Å². The van der Waals surface area contributed by atoms with Gasteiger partial charge in [0, 0.05) is 11.9 Å². The van der Waals surface area contributed by atoms with Gasteiger partial charge in [-0.2, -0.15) is 0 Å². The maximum Gasteiger partial charge on any atom is 0.234 e. The highest BCUT2D eigenvalue weighted by molar-refractivity contribution is 7.99. The zero-order chi connectivity index (χ0) is 20.8. The van der Waals surface area contributed by atoms with Crippen molar-refractivity contribution >= 4 is 46.7 Å². The molecule has 2 aromatic carbocycles. The van der Waals surface area contributed by atoms with Crippen LogP contribution in [0, 0.1) is 0 Å². The highest BCUT2D eigenvalue weighted by Gasteiger charge is 2.19. The summed E-state index contributed by atoms with van der Waals surface area (Å²) in [6, 6.07) is 15.0. The molecule has 0 fully saturated rings. The predicted molar refractivity (Wildman–Crippen MR) is 119 cm³/mol. The lowest BCUT2D eigenvalue weighted by atomic mass is 10.3. The van der Waals surface area contributed by atoms with Crippen molar-refractivity contribution in [1.29, 1.82) is 0 Å². The molecule has 1 heterocycles. The molecule has 0 bridgehead atoms. The van der Waals surface area contributed by atoms with Crippen LogP contribution < -0.4 is 10.1 Å². The van der Waals surface area contributed by atoms with Crippen molar-refractivity contribution in [1.82, 2.24) is 14.8 Å². The molecule has 29 heavy (non-hydrogen) atoms. The van der Waals surface area contributed by atoms with E-state index < -0.39 is 0 Å². The number of hydrogen-bond acceptors (Lipinski definition) is 6. The topological polar surface area (TPSA) is 69.0 Å². The molecule has 1 unspecified atom stereocenters. The average Bonchev–Trinajstić information content (AvgIpc) is 3.09. The molecule has 0 aliphatic carbocycles. The molecule has 0 saturated heterocycles. The summed E-state index contributed by atoms with van der Waals surface area (Å²) in [6.07, 6.45) is 1.64. The van der Waals surface area contributed by atoms with Gasteiger partial charge in [-0.05, 0) is 37.4 Å². The van der Waals surface area contributed by atoms with E-state index in [2.05, 4.69) is 15.5 Å². The van der Waals surface area contributed by atoms with Gasteiger partial charge in [0.05, 0.1) is 16.5 Å². The molecule has 0 aliphatic rings. The van der Waals surface area contributed by atoms with E-state index in [1.54, 1.807) is 17.8 Å². The number of aromatic nitrogens is 3. The molecule has 152 valence electrons. The Balaban J connectivity index is 1.60. The van der Waals surface area contributed by atoms with Crippen molar-refractivity contribution in [3.63, 3.8) is 0 Å². The van der Waals surface area contributed by atoms with Gasteiger partial charge in [-0.3, -0.25) is 4.79 Å². The molecular formula is C20H21ClN4O2S2. The molecule has 9 heteroatoms. The minimum atomic E-state index is -0.343. The number of thioether (sulfide) groups is 2. The zero-order valence-corrected chi connectivity index (χ0v) is 18.6. The number of nitrogens with zero attached hydrogens (tertiary/aromatic N) is 3. The van der Waals surface area contributed by atoms with Gasteiger partial charge in [0.25, 0.3) is 0 Å². The summed E-state index contributed by atoms with van der Waals surface area (Å²) in [7, 11) is 1.85. The number of rotatable bonds is 8. The van der Waals surface area contributed by atoms with Crippen molar-refractivity contribution in [3.05, 3.63) is 59.4 Å². The molecule has 0 saturated carbocycles. The summed E-state index contributed by atoms with van der Waals surface area (Å²) in [6.45, 7) is 1.88. The Morgan fingerprint density at radius 2 is 1.93 bits per heavy atom. The van der Waals surface area contributed by atoms with Crippen LogP contribution >= 0.6 is 35.1 Å². The van der Waals surface area contributed by atoms with Gasteiger partial charge in [-0.15, -0.1) is 22.0 Å². The first-order valence-corrected chi connectivity index (χ1v) is 11.4. The smallest absolute Gasteiger partial charge is 0.234 e. The lowest BCUT2D eigenvalue weighted by Crippen LogP contribution is -2.15. The largest absolute Gasteiger partial charge is 0.481 e. The molecule has 1 amide bonds. The first-order valence-electron chi connectivity index (χ1n) is 8.85. The number of ether oxygens (including phenoxy) is 1. The van der Waals surface area contributed by atoms with E-state index in [4.69, 9.17) is 16.3 Å². The number of para-hydroxylation sites is 2. The Morgan fingerprint density at radius 1 is 1.21 bits per heavy atom. The third-order valence-corrected chi connectivity index (χ3v) is 6.21. The quantitative estimate of drug-likeness (QED) is 0.485. The summed E-state index contributed by atoms with van der Waals surface area (Å²) in [5.74, 6) is 1.38.